The third-order valence-corrected chi connectivity index (χ3v) is 5.95. The van der Waals surface area contributed by atoms with Gasteiger partial charge in [0.15, 0.2) is 9.84 Å². The minimum absolute atomic E-state index is 0.0211. The van der Waals surface area contributed by atoms with E-state index in [1.165, 1.54) is 12.1 Å². The Morgan fingerprint density at radius 2 is 1.75 bits per heavy atom. The van der Waals surface area contributed by atoms with E-state index < -0.39 is 9.84 Å². The number of carbonyl (C=O) groups is 1. The molecule has 4 nitrogen and oxygen atoms in total. The van der Waals surface area contributed by atoms with Crippen molar-refractivity contribution in [2.75, 3.05) is 11.5 Å². The molecule has 1 heterocycles. The predicted molar refractivity (Wildman–Crippen MR) is 89.8 cm³/mol. The minimum Gasteiger partial charge on any atom is -0.330 e. The highest BCUT2D eigenvalue weighted by molar-refractivity contribution is 7.91. The van der Waals surface area contributed by atoms with Crippen LogP contribution >= 0.6 is 0 Å². The highest BCUT2D eigenvalue weighted by atomic mass is 32.2. The normalized spacial score (nSPS) is 19.1. The van der Waals surface area contributed by atoms with Crippen LogP contribution in [0.15, 0.2) is 54.6 Å². The van der Waals surface area contributed by atoms with Gasteiger partial charge in [-0.3, -0.25) is 4.79 Å². The Hall–Kier alpha value is -2.21. The SMILES string of the molecule is O=C(c1ccccc1)N(Cc1ccc(F)cc1)[C@@H]1CCS(=O)(=O)C1. The largest absolute Gasteiger partial charge is 0.330 e. The van der Waals surface area contributed by atoms with E-state index in [1.54, 1.807) is 41.3 Å². The fourth-order valence-electron chi connectivity index (χ4n) is 2.92. The van der Waals surface area contributed by atoms with E-state index in [4.69, 9.17) is 0 Å². The van der Waals surface area contributed by atoms with Crippen molar-refractivity contribution in [1.82, 2.24) is 4.90 Å². The molecular formula is C18H18FNO3S. The molecule has 0 aromatic heterocycles. The maximum atomic E-state index is 13.1. The third-order valence-electron chi connectivity index (χ3n) is 4.20. The molecule has 1 atom stereocenters. The predicted octanol–water partition coefficient (Wildman–Crippen LogP) is 2.66. The molecule has 126 valence electrons. The molecule has 0 unspecified atom stereocenters. The van der Waals surface area contributed by atoms with Crippen molar-refractivity contribution in [2.45, 2.75) is 19.0 Å². The zero-order valence-electron chi connectivity index (χ0n) is 13.1. The molecule has 1 amide bonds. The van der Waals surface area contributed by atoms with Gasteiger partial charge in [0.05, 0.1) is 11.5 Å². The summed E-state index contributed by atoms with van der Waals surface area (Å²) in [6.45, 7) is 0.258. The number of carbonyl (C=O) groups excluding carboxylic acids is 1. The monoisotopic (exact) mass is 347 g/mol. The zero-order chi connectivity index (χ0) is 17.2. The van der Waals surface area contributed by atoms with Crippen LogP contribution in [0.3, 0.4) is 0 Å². The number of sulfone groups is 1. The molecule has 3 rings (SSSR count). The van der Waals surface area contributed by atoms with Crippen LogP contribution in [0.1, 0.15) is 22.3 Å². The number of benzene rings is 2. The van der Waals surface area contributed by atoms with E-state index in [2.05, 4.69) is 0 Å². The van der Waals surface area contributed by atoms with Gasteiger partial charge in [0.25, 0.3) is 5.91 Å². The van der Waals surface area contributed by atoms with Gasteiger partial charge in [-0.2, -0.15) is 0 Å². The highest BCUT2D eigenvalue weighted by Gasteiger charge is 2.35. The topological polar surface area (TPSA) is 54.5 Å². The van der Waals surface area contributed by atoms with Gasteiger partial charge in [0, 0.05) is 18.2 Å². The van der Waals surface area contributed by atoms with Crippen molar-refractivity contribution in [1.29, 1.82) is 0 Å². The van der Waals surface area contributed by atoms with E-state index in [0.29, 0.717) is 12.0 Å². The molecule has 2 aromatic rings. The molecule has 0 N–H and O–H groups in total. The number of amides is 1. The second-order valence-corrected chi connectivity index (χ2v) is 8.21. The molecule has 24 heavy (non-hydrogen) atoms. The number of hydrogen-bond acceptors (Lipinski definition) is 3. The van der Waals surface area contributed by atoms with Crippen molar-refractivity contribution >= 4 is 15.7 Å². The highest BCUT2D eigenvalue weighted by Crippen LogP contribution is 2.22. The van der Waals surface area contributed by atoms with Gasteiger partial charge in [-0.15, -0.1) is 0 Å². The first-order valence-corrected chi connectivity index (χ1v) is 9.58. The minimum atomic E-state index is -3.11. The van der Waals surface area contributed by atoms with Crippen LogP contribution in [0.5, 0.6) is 0 Å². The van der Waals surface area contributed by atoms with Gasteiger partial charge < -0.3 is 4.90 Å². The average molecular weight is 347 g/mol. The summed E-state index contributed by atoms with van der Waals surface area (Å²) in [4.78, 5) is 14.5. The Labute approximate surface area is 140 Å². The van der Waals surface area contributed by atoms with Gasteiger partial charge in [-0.25, -0.2) is 12.8 Å². The maximum absolute atomic E-state index is 13.1. The first-order valence-electron chi connectivity index (χ1n) is 7.75. The molecule has 2 aromatic carbocycles. The van der Waals surface area contributed by atoms with E-state index in [-0.39, 0.29) is 35.8 Å². The maximum Gasteiger partial charge on any atom is 0.254 e. The number of hydrogen-bond donors (Lipinski definition) is 0. The number of halogens is 1. The molecule has 1 saturated heterocycles. The molecule has 1 aliphatic rings. The fourth-order valence-corrected chi connectivity index (χ4v) is 4.65. The summed E-state index contributed by atoms with van der Waals surface area (Å²) in [6.07, 6.45) is 0.433. The second-order valence-electron chi connectivity index (χ2n) is 5.98. The van der Waals surface area contributed by atoms with Crippen LogP contribution in [0.2, 0.25) is 0 Å². The first kappa shape index (κ1) is 16.6. The molecule has 1 fully saturated rings. The smallest absolute Gasteiger partial charge is 0.254 e. The van der Waals surface area contributed by atoms with Gasteiger partial charge in [-0.1, -0.05) is 30.3 Å². The van der Waals surface area contributed by atoms with Crippen molar-refractivity contribution in [2.24, 2.45) is 0 Å². The standard InChI is InChI=1S/C18H18FNO3S/c19-16-8-6-14(7-9-16)12-20(17-10-11-24(22,23)13-17)18(21)15-4-2-1-3-5-15/h1-9,17H,10-13H2/t17-/m1/s1. The lowest BCUT2D eigenvalue weighted by molar-refractivity contribution is 0.0681. The molecule has 0 spiro atoms. The van der Waals surface area contributed by atoms with E-state index in [0.717, 1.165) is 5.56 Å². The second kappa shape index (κ2) is 6.73. The van der Waals surface area contributed by atoms with Crippen LogP contribution in [-0.2, 0) is 16.4 Å². The zero-order valence-corrected chi connectivity index (χ0v) is 13.9. The molecule has 6 heteroatoms. The van der Waals surface area contributed by atoms with Crippen LogP contribution in [0, 0.1) is 5.82 Å². The van der Waals surface area contributed by atoms with E-state index in [1.807, 2.05) is 6.07 Å². The van der Waals surface area contributed by atoms with Gasteiger partial charge in [-0.05, 0) is 36.2 Å². The van der Waals surface area contributed by atoms with Crippen LogP contribution < -0.4 is 0 Å². The first-order chi connectivity index (χ1) is 11.4. The Kier molecular flexibility index (Phi) is 4.66. The Morgan fingerprint density at radius 3 is 2.33 bits per heavy atom. The molecule has 0 radical (unpaired) electrons. The number of rotatable bonds is 4. The quantitative estimate of drug-likeness (QED) is 0.854. The average Bonchev–Trinajstić information content (AvgIpc) is 2.94. The van der Waals surface area contributed by atoms with Crippen molar-refractivity contribution < 1.29 is 17.6 Å². The summed E-state index contributed by atoms with van der Waals surface area (Å²) < 4.78 is 36.7. The van der Waals surface area contributed by atoms with Crippen molar-refractivity contribution in [3.8, 4) is 0 Å². The summed E-state index contributed by atoms with van der Waals surface area (Å²) in [6, 6.07) is 14.3. The van der Waals surface area contributed by atoms with Crippen molar-refractivity contribution in [3.05, 3.63) is 71.5 Å². The van der Waals surface area contributed by atoms with Crippen LogP contribution in [0.25, 0.3) is 0 Å². The summed E-state index contributed by atoms with van der Waals surface area (Å²) >= 11 is 0. The molecule has 0 saturated carbocycles. The molecule has 0 bridgehead atoms. The summed E-state index contributed by atoms with van der Waals surface area (Å²) in [5.41, 5.74) is 1.29. The van der Waals surface area contributed by atoms with Crippen molar-refractivity contribution in [3.63, 3.8) is 0 Å². The molecule has 1 aliphatic heterocycles. The lowest BCUT2D eigenvalue weighted by atomic mass is 10.1. The molecule has 0 aliphatic carbocycles. The lowest BCUT2D eigenvalue weighted by Crippen LogP contribution is -2.40. The van der Waals surface area contributed by atoms with Gasteiger partial charge in [0.2, 0.25) is 0 Å². The fraction of sp³-hybridized carbons (Fsp3) is 0.278. The lowest BCUT2D eigenvalue weighted by Gasteiger charge is -2.28. The Morgan fingerprint density at radius 1 is 1.08 bits per heavy atom. The van der Waals surface area contributed by atoms with Crippen LogP contribution in [-0.4, -0.2) is 36.8 Å². The van der Waals surface area contributed by atoms with Gasteiger partial charge in [0.1, 0.15) is 5.82 Å². The third kappa shape index (κ3) is 3.82. The Bertz CT molecular complexity index is 819. The van der Waals surface area contributed by atoms with Crippen LogP contribution in [0.4, 0.5) is 4.39 Å². The molecular weight excluding hydrogens is 329 g/mol. The summed E-state index contributed by atoms with van der Waals surface area (Å²) in [5, 5.41) is 0. The number of nitrogens with zero attached hydrogens (tertiary/aromatic N) is 1. The van der Waals surface area contributed by atoms with E-state index >= 15 is 0 Å². The summed E-state index contributed by atoms with van der Waals surface area (Å²) in [5.74, 6) is -0.475. The van der Waals surface area contributed by atoms with Gasteiger partial charge >= 0.3 is 0 Å². The Balaban J connectivity index is 1.88. The summed E-state index contributed by atoms with van der Waals surface area (Å²) in [7, 11) is -3.11. The van der Waals surface area contributed by atoms with E-state index in [9.17, 15) is 17.6 Å².